The molecule has 2 rings (SSSR count). The number of rotatable bonds is 3. The highest BCUT2D eigenvalue weighted by Gasteiger charge is 2.19. The van der Waals surface area contributed by atoms with Crippen LogP contribution in [0.1, 0.15) is 5.56 Å². The predicted octanol–water partition coefficient (Wildman–Crippen LogP) is 2.59. The van der Waals surface area contributed by atoms with Crippen molar-refractivity contribution < 1.29 is 8.42 Å². The van der Waals surface area contributed by atoms with Crippen LogP contribution in [0, 0.1) is 11.3 Å². The zero-order chi connectivity index (χ0) is 14.8. The molecular weight excluding hydrogens is 298 g/mol. The summed E-state index contributed by atoms with van der Waals surface area (Å²) in [4.78, 5) is -0.0962. The Morgan fingerprint density at radius 1 is 1.20 bits per heavy atom. The minimum atomic E-state index is -3.88. The molecule has 0 aliphatic heterocycles. The SMILES string of the molecule is N#Cc1ccccc1NS(=O)(=O)c1ccc(N)cc1Cl. The van der Waals surface area contributed by atoms with E-state index in [-0.39, 0.29) is 21.2 Å². The van der Waals surface area contributed by atoms with Crippen LogP contribution in [0.3, 0.4) is 0 Å². The predicted molar refractivity (Wildman–Crippen MR) is 77.8 cm³/mol. The van der Waals surface area contributed by atoms with Crippen molar-refractivity contribution in [3.8, 4) is 6.07 Å². The first-order valence-electron chi connectivity index (χ1n) is 5.51. The van der Waals surface area contributed by atoms with Gasteiger partial charge < -0.3 is 5.73 Å². The van der Waals surface area contributed by atoms with Gasteiger partial charge in [-0.3, -0.25) is 4.72 Å². The Bertz CT molecular complexity index is 798. The van der Waals surface area contributed by atoms with Crippen molar-refractivity contribution in [3.05, 3.63) is 53.1 Å². The van der Waals surface area contributed by atoms with Gasteiger partial charge in [0.05, 0.1) is 16.3 Å². The molecule has 0 fully saturated rings. The van der Waals surface area contributed by atoms with Gasteiger partial charge in [0.2, 0.25) is 0 Å². The maximum Gasteiger partial charge on any atom is 0.263 e. The number of hydrogen-bond donors (Lipinski definition) is 2. The number of sulfonamides is 1. The molecule has 0 atom stereocenters. The van der Waals surface area contributed by atoms with E-state index in [4.69, 9.17) is 22.6 Å². The molecule has 102 valence electrons. The van der Waals surface area contributed by atoms with Gasteiger partial charge in [-0.2, -0.15) is 5.26 Å². The summed E-state index contributed by atoms with van der Waals surface area (Å²) in [5.74, 6) is 0. The summed E-state index contributed by atoms with van der Waals surface area (Å²) in [6.07, 6.45) is 0. The fourth-order valence-electron chi connectivity index (χ4n) is 1.60. The number of nitrogens with two attached hydrogens (primary N) is 1. The lowest BCUT2D eigenvalue weighted by Crippen LogP contribution is -2.14. The number of hydrogen-bond acceptors (Lipinski definition) is 4. The van der Waals surface area contributed by atoms with E-state index < -0.39 is 10.0 Å². The molecule has 0 saturated heterocycles. The zero-order valence-electron chi connectivity index (χ0n) is 10.2. The van der Waals surface area contributed by atoms with Gasteiger partial charge in [0.15, 0.2) is 0 Å². The summed E-state index contributed by atoms with van der Waals surface area (Å²) in [6.45, 7) is 0. The van der Waals surface area contributed by atoms with E-state index in [0.717, 1.165) is 0 Å². The zero-order valence-corrected chi connectivity index (χ0v) is 11.7. The van der Waals surface area contributed by atoms with Gasteiger partial charge in [-0.05, 0) is 30.3 Å². The molecule has 0 amide bonds. The first-order valence-corrected chi connectivity index (χ1v) is 7.37. The van der Waals surface area contributed by atoms with Crippen LogP contribution in [-0.4, -0.2) is 8.42 Å². The molecule has 3 N–H and O–H groups in total. The highest BCUT2D eigenvalue weighted by Crippen LogP contribution is 2.26. The van der Waals surface area contributed by atoms with Crippen LogP contribution in [0.25, 0.3) is 0 Å². The van der Waals surface area contributed by atoms with Gasteiger partial charge >= 0.3 is 0 Å². The summed E-state index contributed by atoms with van der Waals surface area (Å²) in [5, 5.41) is 8.97. The largest absolute Gasteiger partial charge is 0.399 e. The fraction of sp³-hybridized carbons (Fsp3) is 0. The van der Waals surface area contributed by atoms with E-state index in [2.05, 4.69) is 4.72 Å². The molecule has 0 aliphatic rings. The van der Waals surface area contributed by atoms with Gasteiger partial charge in [0, 0.05) is 5.69 Å². The molecule has 2 aromatic carbocycles. The van der Waals surface area contributed by atoms with Crippen molar-refractivity contribution in [3.63, 3.8) is 0 Å². The molecule has 5 nitrogen and oxygen atoms in total. The molecule has 0 aromatic heterocycles. The van der Waals surface area contributed by atoms with E-state index in [1.165, 1.54) is 30.3 Å². The van der Waals surface area contributed by atoms with E-state index in [1.54, 1.807) is 12.1 Å². The van der Waals surface area contributed by atoms with Crippen molar-refractivity contribution in [2.24, 2.45) is 0 Å². The summed E-state index contributed by atoms with van der Waals surface area (Å²) in [6, 6.07) is 12.3. The number of nitrogens with one attached hydrogen (secondary N) is 1. The Morgan fingerprint density at radius 3 is 2.55 bits per heavy atom. The van der Waals surface area contributed by atoms with Crippen molar-refractivity contribution >= 4 is 33.0 Å². The molecule has 7 heteroatoms. The average Bonchev–Trinajstić information content (AvgIpc) is 2.38. The molecule has 0 radical (unpaired) electrons. The minimum Gasteiger partial charge on any atom is -0.399 e. The lowest BCUT2D eigenvalue weighted by Gasteiger charge is -2.10. The van der Waals surface area contributed by atoms with Gasteiger partial charge in [-0.25, -0.2) is 8.42 Å². The third-order valence-electron chi connectivity index (χ3n) is 2.54. The molecule has 0 unspecified atom stereocenters. The molecule has 0 spiro atoms. The Kier molecular flexibility index (Phi) is 3.84. The van der Waals surface area contributed by atoms with Crippen LogP contribution in [-0.2, 0) is 10.0 Å². The van der Waals surface area contributed by atoms with Crippen LogP contribution in [0.15, 0.2) is 47.4 Å². The number of benzene rings is 2. The number of anilines is 2. The Hall–Kier alpha value is -2.23. The highest BCUT2D eigenvalue weighted by atomic mass is 35.5. The van der Waals surface area contributed by atoms with Crippen molar-refractivity contribution in [2.75, 3.05) is 10.5 Å². The van der Waals surface area contributed by atoms with Crippen LogP contribution < -0.4 is 10.5 Å². The Morgan fingerprint density at radius 2 is 1.90 bits per heavy atom. The van der Waals surface area contributed by atoms with Gasteiger partial charge in [0.1, 0.15) is 11.0 Å². The molecule has 0 heterocycles. The molecule has 20 heavy (non-hydrogen) atoms. The normalized spacial score (nSPS) is 10.8. The van der Waals surface area contributed by atoms with E-state index in [0.29, 0.717) is 5.69 Å². The third kappa shape index (κ3) is 2.85. The molecule has 2 aromatic rings. The lowest BCUT2D eigenvalue weighted by atomic mass is 10.2. The van der Waals surface area contributed by atoms with E-state index in [1.807, 2.05) is 6.07 Å². The van der Waals surface area contributed by atoms with Crippen molar-refractivity contribution in [1.29, 1.82) is 5.26 Å². The third-order valence-corrected chi connectivity index (χ3v) is 4.39. The van der Waals surface area contributed by atoms with Gasteiger partial charge in [-0.15, -0.1) is 0 Å². The number of nitriles is 1. The second kappa shape index (κ2) is 5.41. The van der Waals surface area contributed by atoms with E-state index in [9.17, 15) is 8.42 Å². The topological polar surface area (TPSA) is 96.0 Å². The summed E-state index contributed by atoms with van der Waals surface area (Å²) in [5.41, 5.74) is 6.32. The number of nitrogens with zero attached hydrogens (tertiary/aromatic N) is 1. The molecule has 0 saturated carbocycles. The summed E-state index contributed by atoms with van der Waals surface area (Å²) in [7, 11) is -3.88. The smallest absolute Gasteiger partial charge is 0.263 e. The van der Waals surface area contributed by atoms with Crippen LogP contribution in [0.5, 0.6) is 0 Å². The van der Waals surface area contributed by atoms with Crippen LogP contribution >= 0.6 is 11.6 Å². The van der Waals surface area contributed by atoms with Crippen molar-refractivity contribution in [2.45, 2.75) is 4.90 Å². The summed E-state index contributed by atoms with van der Waals surface area (Å²) >= 11 is 5.89. The maximum absolute atomic E-state index is 12.3. The first kappa shape index (κ1) is 14.2. The average molecular weight is 308 g/mol. The Labute approximate surface area is 121 Å². The second-order valence-electron chi connectivity index (χ2n) is 3.95. The first-order chi connectivity index (χ1) is 9.44. The fourth-order valence-corrected chi connectivity index (χ4v) is 3.24. The molecular formula is C13H10ClN3O2S. The van der Waals surface area contributed by atoms with Crippen molar-refractivity contribution in [1.82, 2.24) is 0 Å². The maximum atomic E-state index is 12.3. The van der Waals surface area contributed by atoms with Gasteiger partial charge in [-0.1, -0.05) is 23.7 Å². The number of halogens is 1. The lowest BCUT2D eigenvalue weighted by molar-refractivity contribution is 0.601. The van der Waals surface area contributed by atoms with E-state index >= 15 is 0 Å². The molecule has 0 bridgehead atoms. The highest BCUT2D eigenvalue weighted by molar-refractivity contribution is 7.92. The summed E-state index contributed by atoms with van der Waals surface area (Å²) < 4.78 is 26.9. The number of nitrogen functional groups attached to an aromatic ring is 1. The Balaban J connectivity index is 2.44. The van der Waals surface area contributed by atoms with Crippen LogP contribution in [0.4, 0.5) is 11.4 Å². The monoisotopic (exact) mass is 307 g/mol. The van der Waals surface area contributed by atoms with Crippen LogP contribution in [0.2, 0.25) is 5.02 Å². The minimum absolute atomic E-state index is 0.0203. The molecule has 0 aliphatic carbocycles. The second-order valence-corrected chi connectivity index (χ2v) is 6.01. The standard InChI is InChI=1S/C13H10ClN3O2S/c14-11-7-10(16)5-6-13(11)20(18,19)17-12-4-2-1-3-9(12)8-15/h1-7,17H,16H2. The number of para-hydroxylation sites is 1. The van der Waals surface area contributed by atoms with Gasteiger partial charge in [0.25, 0.3) is 10.0 Å². The quantitative estimate of drug-likeness (QED) is 0.852.